The lowest BCUT2D eigenvalue weighted by atomic mass is 10.3. The minimum atomic E-state index is -0.308. The van der Waals surface area contributed by atoms with Gasteiger partial charge >= 0.3 is 0 Å². The number of hydrogen-bond acceptors (Lipinski definition) is 2. The fraction of sp³-hybridized carbons (Fsp3) is 0.364. The summed E-state index contributed by atoms with van der Waals surface area (Å²) in [7, 11) is 1.62. The first kappa shape index (κ1) is 12.8. The minimum absolute atomic E-state index is 0.289. The molecule has 0 N–H and O–H groups in total. The lowest BCUT2D eigenvalue weighted by Crippen LogP contribution is -2.07. The fourth-order valence-electron chi connectivity index (χ4n) is 1.70. The summed E-state index contributed by atoms with van der Waals surface area (Å²) in [6, 6.07) is 3.11. The molecule has 6 heteroatoms. The van der Waals surface area contributed by atoms with Crippen LogP contribution in [0.3, 0.4) is 0 Å². The predicted octanol–water partition coefficient (Wildman–Crippen LogP) is 3.32. The van der Waals surface area contributed by atoms with E-state index in [1.165, 1.54) is 6.07 Å². The Morgan fingerprint density at radius 3 is 2.94 bits per heavy atom. The van der Waals surface area contributed by atoms with Crippen molar-refractivity contribution in [1.29, 1.82) is 0 Å². The highest BCUT2D eigenvalue weighted by atomic mass is 79.9. The number of methoxy groups -OCH3 is 1. The van der Waals surface area contributed by atoms with E-state index in [2.05, 4.69) is 20.9 Å². The van der Waals surface area contributed by atoms with Crippen molar-refractivity contribution in [3.63, 3.8) is 0 Å². The first-order chi connectivity index (χ1) is 8.17. The third kappa shape index (κ3) is 2.46. The van der Waals surface area contributed by atoms with Crippen LogP contribution in [-0.2, 0) is 17.2 Å². The Balaban J connectivity index is 2.57. The van der Waals surface area contributed by atoms with Crippen LogP contribution in [0, 0.1) is 5.82 Å². The molecule has 2 aromatic rings. The summed E-state index contributed by atoms with van der Waals surface area (Å²) < 4.78 is 20.8. The van der Waals surface area contributed by atoms with E-state index in [1.54, 1.807) is 13.2 Å². The molecule has 0 atom stereocenters. The van der Waals surface area contributed by atoms with Gasteiger partial charge < -0.3 is 9.30 Å². The molecule has 3 nitrogen and oxygen atoms in total. The Kier molecular flexibility index (Phi) is 4.01. The van der Waals surface area contributed by atoms with Crippen molar-refractivity contribution >= 4 is 38.6 Å². The largest absolute Gasteiger partial charge is 0.383 e. The van der Waals surface area contributed by atoms with E-state index >= 15 is 0 Å². The normalized spacial score (nSPS) is 11.3. The van der Waals surface area contributed by atoms with Gasteiger partial charge in [-0.05, 0) is 22.0 Å². The van der Waals surface area contributed by atoms with Gasteiger partial charge in [0, 0.05) is 19.7 Å². The van der Waals surface area contributed by atoms with E-state index in [0.29, 0.717) is 17.6 Å². The molecule has 0 aliphatic heterocycles. The molecule has 0 saturated carbocycles. The highest BCUT2D eigenvalue weighted by Crippen LogP contribution is 2.24. The second-order valence-corrected chi connectivity index (χ2v) is 4.68. The SMILES string of the molecule is COCCn1c(CCl)nc2cc(Br)c(F)cc21. The van der Waals surface area contributed by atoms with Crippen LogP contribution in [-0.4, -0.2) is 23.3 Å². The summed E-state index contributed by atoms with van der Waals surface area (Å²) >= 11 is 8.98. The van der Waals surface area contributed by atoms with Crippen LogP contribution in [0.4, 0.5) is 4.39 Å². The monoisotopic (exact) mass is 320 g/mol. The lowest BCUT2D eigenvalue weighted by molar-refractivity contribution is 0.187. The maximum absolute atomic E-state index is 13.5. The van der Waals surface area contributed by atoms with E-state index < -0.39 is 0 Å². The van der Waals surface area contributed by atoms with Gasteiger partial charge in [-0.2, -0.15) is 0 Å². The Morgan fingerprint density at radius 2 is 2.29 bits per heavy atom. The first-order valence-electron chi connectivity index (χ1n) is 5.06. The van der Waals surface area contributed by atoms with Gasteiger partial charge in [-0.15, -0.1) is 11.6 Å². The van der Waals surface area contributed by atoms with E-state index in [0.717, 1.165) is 16.9 Å². The van der Waals surface area contributed by atoms with Crippen molar-refractivity contribution in [2.24, 2.45) is 0 Å². The maximum Gasteiger partial charge on any atom is 0.139 e. The number of halogens is 3. The molecule has 0 amide bonds. The van der Waals surface area contributed by atoms with Crippen molar-refractivity contribution in [2.45, 2.75) is 12.4 Å². The molecule has 0 saturated heterocycles. The molecular formula is C11H11BrClFN2O. The van der Waals surface area contributed by atoms with Crippen LogP contribution in [0.5, 0.6) is 0 Å². The van der Waals surface area contributed by atoms with Crippen molar-refractivity contribution in [3.05, 3.63) is 28.2 Å². The molecule has 0 radical (unpaired) electrons. The van der Waals surface area contributed by atoms with E-state index in [-0.39, 0.29) is 11.7 Å². The zero-order valence-corrected chi connectivity index (χ0v) is 11.6. The Morgan fingerprint density at radius 1 is 1.53 bits per heavy atom. The molecule has 0 bridgehead atoms. The van der Waals surface area contributed by atoms with Crippen LogP contribution in [0.15, 0.2) is 16.6 Å². The Bertz CT molecular complexity index is 544. The number of rotatable bonds is 4. The first-order valence-corrected chi connectivity index (χ1v) is 6.39. The Labute approximate surface area is 112 Å². The van der Waals surface area contributed by atoms with E-state index in [1.807, 2.05) is 4.57 Å². The van der Waals surface area contributed by atoms with Crippen molar-refractivity contribution < 1.29 is 9.13 Å². The van der Waals surface area contributed by atoms with E-state index in [9.17, 15) is 4.39 Å². The zero-order valence-electron chi connectivity index (χ0n) is 9.21. The molecule has 1 aromatic carbocycles. The summed E-state index contributed by atoms with van der Waals surface area (Å²) in [4.78, 5) is 4.36. The number of alkyl halides is 1. The summed E-state index contributed by atoms with van der Waals surface area (Å²) in [5.41, 5.74) is 1.46. The van der Waals surface area contributed by atoms with Gasteiger partial charge in [0.15, 0.2) is 0 Å². The number of fused-ring (bicyclic) bond motifs is 1. The van der Waals surface area contributed by atoms with Gasteiger partial charge in [0.25, 0.3) is 0 Å². The number of aromatic nitrogens is 2. The second kappa shape index (κ2) is 5.33. The molecule has 0 aliphatic carbocycles. The highest BCUT2D eigenvalue weighted by Gasteiger charge is 2.12. The number of hydrogen-bond donors (Lipinski definition) is 0. The van der Waals surface area contributed by atoms with Gasteiger partial charge in [0.2, 0.25) is 0 Å². The zero-order chi connectivity index (χ0) is 12.4. The Hall–Kier alpha value is -0.650. The molecule has 1 heterocycles. The fourth-order valence-corrected chi connectivity index (χ4v) is 2.24. The van der Waals surface area contributed by atoms with Crippen LogP contribution in [0.2, 0.25) is 0 Å². The summed E-state index contributed by atoms with van der Waals surface area (Å²) in [6.07, 6.45) is 0. The van der Waals surface area contributed by atoms with Crippen LogP contribution in [0.1, 0.15) is 5.82 Å². The topological polar surface area (TPSA) is 27.1 Å². The van der Waals surface area contributed by atoms with Crippen molar-refractivity contribution in [2.75, 3.05) is 13.7 Å². The summed E-state index contributed by atoms with van der Waals surface area (Å²) in [6.45, 7) is 1.14. The second-order valence-electron chi connectivity index (χ2n) is 3.56. The quantitative estimate of drug-likeness (QED) is 0.808. The number of imidazole rings is 1. The van der Waals surface area contributed by atoms with Crippen LogP contribution >= 0.6 is 27.5 Å². The average molecular weight is 322 g/mol. The number of benzene rings is 1. The highest BCUT2D eigenvalue weighted by molar-refractivity contribution is 9.10. The smallest absolute Gasteiger partial charge is 0.139 e. The number of nitrogens with zero attached hydrogens (tertiary/aromatic N) is 2. The van der Waals surface area contributed by atoms with Gasteiger partial charge in [-0.1, -0.05) is 0 Å². The van der Waals surface area contributed by atoms with Gasteiger partial charge in [-0.25, -0.2) is 9.37 Å². The molecule has 0 aliphatic rings. The molecule has 2 rings (SSSR count). The van der Waals surface area contributed by atoms with Gasteiger partial charge in [0.05, 0.1) is 28.0 Å². The third-order valence-electron chi connectivity index (χ3n) is 2.51. The molecule has 0 unspecified atom stereocenters. The third-order valence-corrected chi connectivity index (χ3v) is 3.35. The molecule has 0 spiro atoms. The summed E-state index contributed by atoms with van der Waals surface area (Å²) in [5, 5.41) is 0. The lowest BCUT2D eigenvalue weighted by Gasteiger charge is -2.06. The molecule has 0 fully saturated rings. The van der Waals surface area contributed by atoms with Gasteiger partial charge in [0.1, 0.15) is 11.6 Å². The maximum atomic E-state index is 13.5. The number of ether oxygens (including phenoxy) is 1. The predicted molar refractivity (Wildman–Crippen MR) is 68.8 cm³/mol. The van der Waals surface area contributed by atoms with E-state index in [4.69, 9.17) is 16.3 Å². The molecule has 17 heavy (non-hydrogen) atoms. The minimum Gasteiger partial charge on any atom is -0.383 e. The van der Waals surface area contributed by atoms with Crippen LogP contribution in [0.25, 0.3) is 11.0 Å². The van der Waals surface area contributed by atoms with Crippen LogP contribution < -0.4 is 0 Å². The van der Waals surface area contributed by atoms with Crippen molar-refractivity contribution in [1.82, 2.24) is 9.55 Å². The van der Waals surface area contributed by atoms with Gasteiger partial charge in [-0.3, -0.25) is 0 Å². The molecular weight excluding hydrogens is 310 g/mol. The summed E-state index contributed by atoms with van der Waals surface area (Å²) in [5.74, 6) is 0.700. The molecule has 92 valence electrons. The average Bonchev–Trinajstić information content (AvgIpc) is 2.64. The molecule has 1 aromatic heterocycles. The standard InChI is InChI=1S/C11H11BrClFN2O/c1-17-3-2-16-10-5-8(14)7(12)4-9(10)15-11(16)6-13/h4-5H,2-3,6H2,1H3. The van der Waals surface area contributed by atoms with Crippen molar-refractivity contribution in [3.8, 4) is 0 Å².